The van der Waals surface area contributed by atoms with Crippen molar-refractivity contribution in [3.8, 4) is 0 Å². The average Bonchev–Trinajstić information content (AvgIpc) is 2.76. The van der Waals surface area contributed by atoms with Crippen LogP contribution in [0.5, 0.6) is 0 Å². The fourth-order valence-electron chi connectivity index (χ4n) is 3.62. The number of ether oxygens (including phenoxy) is 2. The maximum atomic E-state index is 12.2. The highest BCUT2D eigenvalue weighted by molar-refractivity contribution is 5.72. The summed E-state index contributed by atoms with van der Waals surface area (Å²) in [7, 11) is 0. The molecule has 1 unspecified atom stereocenters. The van der Waals surface area contributed by atoms with E-state index in [4.69, 9.17) is 9.47 Å². The van der Waals surface area contributed by atoms with Gasteiger partial charge in [-0.15, -0.1) is 6.58 Å². The molecule has 0 aromatic heterocycles. The quantitative estimate of drug-likeness (QED) is 0.0742. The Morgan fingerprint density at radius 3 is 1.48 bits per heavy atom. The van der Waals surface area contributed by atoms with Crippen LogP contribution in [0.15, 0.2) is 25.3 Å². The van der Waals surface area contributed by atoms with Crippen molar-refractivity contribution in [3.05, 3.63) is 25.3 Å². The molecule has 0 bridgehead atoms. The Morgan fingerprint density at radius 2 is 1.10 bits per heavy atom. The number of carbonyl (C=O) groups is 2. The molecule has 0 aliphatic carbocycles. The highest BCUT2D eigenvalue weighted by Crippen LogP contribution is 2.23. The molecule has 0 spiro atoms. The summed E-state index contributed by atoms with van der Waals surface area (Å²) in [4.78, 5) is 23.9. The van der Waals surface area contributed by atoms with Crippen LogP contribution in [0.25, 0.3) is 0 Å². The Hall–Kier alpha value is -1.58. The molecule has 0 N–H and O–H groups in total. The van der Waals surface area contributed by atoms with Gasteiger partial charge in [-0.3, -0.25) is 9.59 Å². The van der Waals surface area contributed by atoms with E-state index in [-0.39, 0.29) is 18.8 Å². The van der Waals surface area contributed by atoms with Gasteiger partial charge >= 0.3 is 11.9 Å². The van der Waals surface area contributed by atoms with Crippen molar-refractivity contribution in [1.29, 1.82) is 0 Å². The van der Waals surface area contributed by atoms with Crippen LogP contribution in [0.2, 0.25) is 0 Å². The molecule has 0 heterocycles. The lowest BCUT2D eigenvalue weighted by molar-refractivity contribution is -0.210. The monoisotopic (exact) mass is 436 g/mol. The highest BCUT2D eigenvalue weighted by Gasteiger charge is 2.33. The SMILES string of the molecule is C=CCC(C=C)(OC(=O)CC)OC(=O)CCCCCCCCCCCCCCCCC. The number of carbonyl (C=O) groups excluding carboxylic acids is 2. The number of hydrogen-bond donors (Lipinski definition) is 0. The lowest BCUT2D eigenvalue weighted by atomic mass is 10.0. The predicted octanol–water partition coefficient (Wildman–Crippen LogP) is 8.20. The topological polar surface area (TPSA) is 52.6 Å². The van der Waals surface area contributed by atoms with E-state index in [0.29, 0.717) is 6.42 Å². The Labute approximate surface area is 191 Å². The van der Waals surface area contributed by atoms with Crippen molar-refractivity contribution in [3.63, 3.8) is 0 Å². The van der Waals surface area contributed by atoms with E-state index in [2.05, 4.69) is 20.1 Å². The van der Waals surface area contributed by atoms with Crippen LogP contribution in [0.1, 0.15) is 129 Å². The molecule has 4 heteroatoms. The molecule has 0 aromatic rings. The zero-order chi connectivity index (χ0) is 23.2. The number of hydrogen-bond acceptors (Lipinski definition) is 4. The van der Waals surface area contributed by atoms with Gasteiger partial charge in [-0.25, -0.2) is 0 Å². The summed E-state index contributed by atoms with van der Waals surface area (Å²) in [6.07, 6.45) is 22.9. The van der Waals surface area contributed by atoms with E-state index in [9.17, 15) is 9.59 Å². The van der Waals surface area contributed by atoms with Crippen LogP contribution in [-0.2, 0) is 19.1 Å². The van der Waals surface area contributed by atoms with Crippen molar-refractivity contribution in [2.24, 2.45) is 0 Å². The van der Waals surface area contributed by atoms with Gasteiger partial charge in [0.15, 0.2) is 0 Å². The van der Waals surface area contributed by atoms with Crippen LogP contribution in [0, 0.1) is 0 Å². The van der Waals surface area contributed by atoms with Gasteiger partial charge < -0.3 is 9.47 Å². The Bertz CT molecular complexity index is 486. The van der Waals surface area contributed by atoms with Crippen molar-refractivity contribution in [2.75, 3.05) is 0 Å². The molecule has 0 radical (unpaired) electrons. The molecule has 31 heavy (non-hydrogen) atoms. The van der Waals surface area contributed by atoms with Gasteiger partial charge in [0.2, 0.25) is 0 Å². The van der Waals surface area contributed by atoms with E-state index in [1.165, 1.54) is 83.1 Å². The molecular weight excluding hydrogens is 388 g/mol. The molecule has 0 aliphatic heterocycles. The maximum absolute atomic E-state index is 12.2. The third-order valence-corrected chi connectivity index (χ3v) is 5.59. The van der Waals surface area contributed by atoms with E-state index in [1.54, 1.807) is 13.0 Å². The minimum Gasteiger partial charge on any atom is -0.418 e. The number of unbranched alkanes of at least 4 members (excludes halogenated alkanes) is 14. The second-order valence-corrected chi connectivity index (χ2v) is 8.51. The minimum absolute atomic E-state index is 0.201. The highest BCUT2D eigenvalue weighted by atomic mass is 16.7. The largest absolute Gasteiger partial charge is 0.418 e. The summed E-state index contributed by atoms with van der Waals surface area (Å²) in [5.74, 6) is -2.22. The third-order valence-electron chi connectivity index (χ3n) is 5.59. The van der Waals surface area contributed by atoms with Gasteiger partial charge in [0.05, 0.1) is 0 Å². The van der Waals surface area contributed by atoms with Gasteiger partial charge in [-0.05, 0) is 12.5 Å². The Kier molecular flexibility index (Phi) is 19.3. The van der Waals surface area contributed by atoms with Crippen molar-refractivity contribution in [2.45, 2.75) is 135 Å². The van der Waals surface area contributed by atoms with Crippen LogP contribution < -0.4 is 0 Å². The zero-order valence-corrected chi connectivity index (χ0v) is 20.4. The summed E-state index contributed by atoms with van der Waals surface area (Å²) in [5, 5.41) is 0. The third kappa shape index (κ3) is 16.7. The first-order valence-electron chi connectivity index (χ1n) is 12.7. The van der Waals surface area contributed by atoms with Crippen molar-refractivity contribution < 1.29 is 19.1 Å². The molecule has 180 valence electrons. The van der Waals surface area contributed by atoms with E-state index < -0.39 is 11.8 Å². The van der Waals surface area contributed by atoms with Gasteiger partial charge in [-0.1, -0.05) is 116 Å². The predicted molar refractivity (Wildman–Crippen MR) is 130 cm³/mol. The maximum Gasteiger partial charge on any atom is 0.309 e. The summed E-state index contributed by atoms with van der Waals surface area (Å²) in [5.41, 5.74) is 0. The summed E-state index contributed by atoms with van der Waals surface area (Å²) in [6, 6.07) is 0. The summed E-state index contributed by atoms with van der Waals surface area (Å²) in [6.45, 7) is 11.3. The smallest absolute Gasteiger partial charge is 0.309 e. The van der Waals surface area contributed by atoms with Gasteiger partial charge in [0.1, 0.15) is 0 Å². The van der Waals surface area contributed by atoms with E-state index in [1.807, 2.05) is 0 Å². The van der Waals surface area contributed by atoms with Gasteiger partial charge in [-0.2, -0.15) is 0 Å². The minimum atomic E-state index is -1.43. The molecule has 1 atom stereocenters. The molecule has 0 saturated carbocycles. The average molecular weight is 437 g/mol. The van der Waals surface area contributed by atoms with E-state index >= 15 is 0 Å². The molecule has 0 aliphatic rings. The summed E-state index contributed by atoms with van der Waals surface area (Å²) < 4.78 is 10.8. The van der Waals surface area contributed by atoms with Gasteiger partial charge in [0, 0.05) is 19.3 Å². The second kappa shape index (κ2) is 20.3. The lowest BCUT2D eigenvalue weighted by Crippen LogP contribution is -2.37. The normalized spacial score (nSPS) is 12.7. The Morgan fingerprint density at radius 1 is 0.677 bits per heavy atom. The van der Waals surface area contributed by atoms with Gasteiger partial charge in [0.25, 0.3) is 5.79 Å². The molecular formula is C27H48O4. The van der Waals surface area contributed by atoms with Crippen molar-refractivity contribution >= 4 is 11.9 Å². The van der Waals surface area contributed by atoms with Crippen LogP contribution in [0.4, 0.5) is 0 Å². The van der Waals surface area contributed by atoms with Crippen LogP contribution >= 0.6 is 0 Å². The zero-order valence-electron chi connectivity index (χ0n) is 20.4. The first-order valence-corrected chi connectivity index (χ1v) is 12.7. The molecule has 0 rings (SSSR count). The Balaban J connectivity index is 3.73. The standard InChI is InChI=1S/C27H48O4/c1-5-9-10-11-12-13-14-15-16-17-18-19-20-21-22-23-26(29)31-27(8-4,24-6-2)30-25(28)7-3/h6,8H,2,4-5,7,9-24H2,1,3H3. The molecule has 0 saturated heterocycles. The summed E-state index contributed by atoms with van der Waals surface area (Å²) >= 11 is 0. The fourth-order valence-corrected chi connectivity index (χ4v) is 3.62. The molecule has 0 amide bonds. The van der Waals surface area contributed by atoms with Crippen LogP contribution in [0.3, 0.4) is 0 Å². The van der Waals surface area contributed by atoms with E-state index in [0.717, 1.165) is 19.3 Å². The first-order chi connectivity index (χ1) is 15.0. The van der Waals surface area contributed by atoms with Crippen LogP contribution in [-0.4, -0.2) is 17.7 Å². The lowest BCUT2D eigenvalue weighted by Gasteiger charge is -2.28. The number of rotatable bonds is 22. The number of esters is 2. The molecule has 0 fully saturated rings. The first kappa shape index (κ1) is 29.4. The fraction of sp³-hybridized carbons (Fsp3) is 0.778. The molecule has 4 nitrogen and oxygen atoms in total. The van der Waals surface area contributed by atoms with Crippen molar-refractivity contribution in [1.82, 2.24) is 0 Å². The second-order valence-electron chi connectivity index (χ2n) is 8.51. The molecule has 0 aromatic carbocycles.